The van der Waals surface area contributed by atoms with Gasteiger partial charge in [0, 0.05) is 24.5 Å². The van der Waals surface area contributed by atoms with Crippen LogP contribution in [0.25, 0.3) is 11.0 Å². The van der Waals surface area contributed by atoms with Gasteiger partial charge < -0.3 is 10.7 Å². The number of nitrogens with two attached hydrogens (primary N) is 1. The van der Waals surface area contributed by atoms with E-state index < -0.39 is 0 Å². The Labute approximate surface area is 104 Å². The Morgan fingerprint density at radius 2 is 1.94 bits per heavy atom. The van der Waals surface area contributed by atoms with Crippen LogP contribution in [0.5, 0.6) is 0 Å². The second-order valence-corrected chi connectivity index (χ2v) is 4.55. The predicted octanol–water partition coefficient (Wildman–Crippen LogP) is 0.414. The monoisotopic (exact) mass is 245 g/mol. The fraction of sp³-hybridized carbons (Fsp3) is 0.417. The summed E-state index contributed by atoms with van der Waals surface area (Å²) in [5.74, 6) is 0.207. The minimum Gasteiger partial charge on any atom is -0.368 e. The fourth-order valence-corrected chi connectivity index (χ4v) is 2.45. The van der Waals surface area contributed by atoms with Crippen molar-refractivity contribution < 1.29 is 0 Å². The lowest BCUT2D eigenvalue weighted by Crippen LogP contribution is -2.40. The minimum absolute atomic E-state index is 0.0677. The van der Waals surface area contributed by atoms with Gasteiger partial charge in [-0.2, -0.15) is 4.98 Å². The lowest BCUT2D eigenvalue weighted by atomic mass is 10.2. The van der Waals surface area contributed by atoms with Gasteiger partial charge in [0.2, 0.25) is 5.95 Å². The SMILES string of the molecule is Cc1nc(N)nc2c1ccc(=O)n2N1CCCC1. The zero-order chi connectivity index (χ0) is 12.7. The first-order valence-electron chi connectivity index (χ1n) is 6.08. The van der Waals surface area contributed by atoms with Crippen LogP contribution < -0.4 is 16.3 Å². The largest absolute Gasteiger partial charge is 0.368 e. The van der Waals surface area contributed by atoms with E-state index in [0.29, 0.717) is 5.65 Å². The molecule has 3 heterocycles. The molecule has 0 unspecified atom stereocenters. The second-order valence-electron chi connectivity index (χ2n) is 4.55. The quantitative estimate of drug-likeness (QED) is 0.787. The van der Waals surface area contributed by atoms with Gasteiger partial charge in [-0.05, 0) is 25.8 Å². The van der Waals surface area contributed by atoms with Crippen molar-refractivity contribution in [2.75, 3.05) is 23.8 Å². The molecule has 0 saturated carbocycles. The Morgan fingerprint density at radius 1 is 1.22 bits per heavy atom. The summed E-state index contributed by atoms with van der Waals surface area (Å²) in [7, 11) is 0. The maximum absolute atomic E-state index is 12.1. The van der Waals surface area contributed by atoms with Crippen LogP contribution in [-0.2, 0) is 0 Å². The van der Waals surface area contributed by atoms with E-state index >= 15 is 0 Å². The molecule has 0 radical (unpaired) electrons. The molecule has 0 aliphatic carbocycles. The van der Waals surface area contributed by atoms with Crippen molar-refractivity contribution in [3.8, 4) is 0 Å². The van der Waals surface area contributed by atoms with E-state index in [1.54, 1.807) is 16.8 Å². The highest BCUT2D eigenvalue weighted by atomic mass is 16.1. The minimum atomic E-state index is -0.0677. The zero-order valence-electron chi connectivity index (χ0n) is 10.3. The molecular formula is C12H15N5O. The van der Waals surface area contributed by atoms with Crippen LogP contribution in [0, 0.1) is 6.92 Å². The highest BCUT2D eigenvalue weighted by Gasteiger charge is 2.17. The standard InChI is InChI=1S/C12H15N5O/c1-8-9-4-5-10(18)17(16-6-2-3-7-16)11(9)15-12(13)14-8/h4-5H,2-3,6-7H2,1H3,(H2,13,14,15). The van der Waals surface area contributed by atoms with Crippen molar-refractivity contribution in [2.24, 2.45) is 0 Å². The number of nitrogens with zero attached hydrogens (tertiary/aromatic N) is 4. The molecule has 18 heavy (non-hydrogen) atoms. The molecule has 6 heteroatoms. The van der Waals surface area contributed by atoms with Gasteiger partial charge >= 0.3 is 0 Å². The zero-order valence-corrected chi connectivity index (χ0v) is 10.3. The van der Waals surface area contributed by atoms with Crippen molar-refractivity contribution in [1.82, 2.24) is 14.6 Å². The molecule has 94 valence electrons. The normalized spacial score (nSPS) is 15.5. The first-order valence-corrected chi connectivity index (χ1v) is 6.08. The summed E-state index contributed by atoms with van der Waals surface area (Å²) in [5, 5.41) is 2.90. The van der Waals surface area contributed by atoms with Crippen molar-refractivity contribution in [2.45, 2.75) is 19.8 Å². The summed E-state index contributed by atoms with van der Waals surface area (Å²) in [6, 6.07) is 3.33. The second kappa shape index (κ2) is 3.97. The Balaban J connectivity index is 2.34. The van der Waals surface area contributed by atoms with Gasteiger partial charge in [0.1, 0.15) is 0 Å². The number of pyridine rings is 1. The smallest absolute Gasteiger partial charge is 0.270 e. The van der Waals surface area contributed by atoms with Crippen LogP contribution >= 0.6 is 0 Å². The van der Waals surface area contributed by atoms with Crippen LogP contribution in [0.1, 0.15) is 18.5 Å². The van der Waals surface area contributed by atoms with Gasteiger partial charge in [0.05, 0.1) is 5.69 Å². The van der Waals surface area contributed by atoms with Crippen LogP contribution in [-0.4, -0.2) is 27.7 Å². The third-order valence-corrected chi connectivity index (χ3v) is 3.30. The summed E-state index contributed by atoms with van der Waals surface area (Å²) in [6.07, 6.45) is 2.20. The maximum Gasteiger partial charge on any atom is 0.270 e. The Kier molecular flexibility index (Phi) is 2.43. The number of rotatable bonds is 1. The van der Waals surface area contributed by atoms with E-state index in [9.17, 15) is 4.79 Å². The van der Waals surface area contributed by atoms with Crippen LogP contribution in [0.15, 0.2) is 16.9 Å². The van der Waals surface area contributed by atoms with Crippen molar-refractivity contribution >= 4 is 17.0 Å². The third-order valence-electron chi connectivity index (χ3n) is 3.30. The topological polar surface area (TPSA) is 77.0 Å². The van der Waals surface area contributed by atoms with Gasteiger partial charge in [-0.25, -0.2) is 9.66 Å². The van der Waals surface area contributed by atoms with Gasteiger partial charge in [-0.15, -0.1) is 0 Å². The number of nitrogen functional groups attached to an aromatic ring is 1. The van der Waals surface area contributed by atoms with Crippen molar-refractivity contribution in [1.29, 1.82) is 0 Å². The van der Waals surface area contributed by atoms with Crippen LogP contribution in [0.4, 0.5) is 5.95 Å². The molecule has 6 nitrogen and oxygen atoms in total. The molecule has 0 amide bonds. The highest BCUT2D eigenvalue weighted by molar-refractivity contribution is 5.78. The number of fused-ring (bicyclic) bond motifs is 1. The molecule has 2 aromatic rings. The first kappa shape index (κ1) is 11.0. The molecule has 0 atom stereocenters. The lowest BCUT2D eigenvalue weighted by Gasteiger charge is -2.21. The molecule has 1 aliphatic heterocycles. The highest BCUT2D eigenvalue weighted by Crippen LogP contribution is 2.16. The van der Waals surface area contributed by atoms with Gasteiger partial charge in [-0.3, -0.25) is 4.79 Å². The molecule has 3 rings (SSSR count). The Bertz CT molecular complexity index is 657. The number of aromatic nitrogens is 3. The average molecular weight is 245 g/mol. The molecule has 1 aliphatic rings. The van der Waals surface area contributed by atoms with E-state index in [1.807, 2.05) is 11.9 Å². The molecule has 0 aromatic carbocycles. The molecule has 0 spiro atoms. The van der Waals surface area contributed by atoms with Gasteiger partial charge in [-0.1, -0.05) is 0 Å². The number of aryl methyl sites for hydroxylation is 1. The van der Waals surface area contributed by atoms with E-state index in [0.717, 1.165) is 37.0 Å². The summed E-state index contributed by atoms with van der Waals surface area (Å²) in [6.45, 7) is 3.63. The Morgan fingerprint density at radius 3 is 2.67 bits per heavy atom. The van der Waals surface area contributed by atoms with E-state index in [2.05, 4.69) is 9.97 Å². The Hall–Kier alpha value is -2.11. The molecule has 1 saturated heterocycles. The van der Waals surface area contributed by atoms with E-state index in [1.165, 1.54) is 0 Å². The maximum atomic E-state index is 12.1. The van der Waals surface area contributed by atoms with E-state index in [4.69, 9.17) is 5.73 Å². The van der Waals surface area contributed by atoms with Crippen molar-refractivity contribution in [3.05, 3.63) is 28.2 Å². The molecule has 2 aromatic heterocycles. The molecule has 2 N–H and O–H groups in total. The van der Waals surface area contributed by atoms with Gasteiger partial charge in [0.15, 0.2) is 5.65 Å². The van der Waals surface area contributed by atoms with Crippen LogP contribution in [0.2, 0.25) is 0 Å². The average Bonchev–Trinajstić information content (AvgIpc) is 2.81. The molecular weight excluding hydrogens is 230 g/mol. The lowest BCUT2D eigenvalue weighted by molar-refractivity contribution is 0.656. The predicted molar refractivity (Wildman–Crippen MR) is 70.1 cm³/mol. The summed E-state index contributed by atoms with van der Waals surface area (Å²) < 4.78 is 1.63. The molecule has 1 fully saturated rings. The third kappa shape index (κ3) is 1.61. The number of hydrogen-bond donors (Lipinski definition) is 1. The summed E-state index contributed by atoms with van der Waals surface area (Å²) in [4.78, 5) is 20.4. The number of hydrogen-bond acceptors (Lipinski definition) is 5. The van der Waals surface area contributed by atoms with Crippen LogP contribution in [0.3, 0.4) is 0 Å². The summed E-state index contributed by atoms with van der Waals surface area (Å²) in [5.41, 5.74) is 7.02. The van der Waals surface area contributed by atoms with E-state index in [-0.39, 0.29) is 11.5 Å². The molecule has 0 bridgehead atoms. The van der Waals surface area contributed by atoms with Crippen molar-refractivity contribution in [3.63, 3.8) is 0 Å². The van der Waals surface area contributed by atoms with Gasteiger partial charge in [0.25, 0.3) is 5.56 Å². The fourth-order valence-electron chi connectivity index (χ4n) is 2.45. The first-order chi connectivity index (χ1) is 8.66. The number of anilines is 1. The summed E-state index contributed by atoms with van der Waals surface area (Å²) >= 11 is 0.